The van der Waals surface area contributed by atoms with Crippen LogP contribution in [0.15, 0.2) is 49.0 Å². The van der Waals surface area contributed by atoms with Crippen LogP contribution in [0.1, 0.15) is 80.3 Å². The first kappa shape index (κ1) is 23.8. The molecule has 0 aromatic heterocycles. The minimum atomic E-state index is -0.440. The quantitative estimate of drug-likeness (QED) is 0.242. The van der Waals surface area contributed by atoms with Crippen LogP contribution in [0.25, 0.3) is 6.08 Å². The highest BCUT2D eigenvalue weighted by Gasteiger charge is 2.26. The van der Waals surface area contributed by atoms with E-state index >= 15 is 0 Å². The first-order valence-electron chi connectivity index (χ1n) is 11.8. The lowest BCUT2D eigenvalue weighted by molar-refractivity contribution is -0.140. The third kappa shape index (κ3) is 6.81. The number of esters is 2. The van der Waals surface area contributed by atoms with Crippen LogP contribution in [0.5, 0.6) is 11.5 Å². The fourth-order valence-electron chi connectivity index (χ4n) is 4.09. The molecule has 4 heteroatoms. The van der Waals surface area contributed by atoms with E-state index in [1.54, 1.807) is 24.3 Å². The Morgan fingerprint density at radius 3 is 2.25 bits per heavy atom. The summed E-state index contributed by atoms with van der Waals surface area (Å²) in [6.45, 7) is 8.12. The summed E-state index contributed by atoms with van der Waals surface area (Å²) in [5.74, 6) is 0.853. The maximum Gasteiger partial charge on any atom is 0.343 e. The minimum Gasteiger partial charge on any atom is -0.426 e. The highest BCUT2D eigenvalue weighted by atomic mass is 16.5. The van der Waals surface area contributed by atoms with Gasteiger partial charge in [-0.25, -0.2) is 4.79 Å². The molecule has 0 atom stereocenters. The summed E-state index contributed by atoms with van der Waals surface area (Å²) >= 11 is 0. The SMILES string of the molecule is C=Cc1ccc(C(=O)Oc2cc(CCCCC)cc(OC(=O)C3CCC(C)CC3)c2)cc1. The molecule has 2 aromatic rings. The molecule has 0 heterocycles. The summed E-state index contributed by atoms with van der Waals surface area (Å²) in [7, 11) is 0. The molecule has 0 aliphatic heterocycles. The van der Waals surface area contributed by atoms with Crippen LogP contribution in [0, 0.1) is 11.8 Å². The predicted octanol–water partition coefficient (Wildman–Crippen LogP) is 7.01. The van der Waals surface area contributed by atoms with Gasteiger partial charge in [-0.1, -0.05) is 51.5 Å². The van der Waals surface area contributed by atoms with Crippen LogP contribution in [0.4, 0.5) is 0 Å². The van der Waals surface area contributed by atoms with E-state index in [1.165, 1.54) is 0 Å². The van der Waals surface area contributed by atoms with E-state index in [4.69, 9.17) is 9.47 Å². The van der Waals surface area contributed by atoms with E-state index in [9.17, 15) is 9.59 Å². The summed E-state index contributed by atoms with van der Waals surface area (Å²) in [5, 5.41) is 0. The molecule has 32 heavy (non-hydrogen) atoms. The Labute approximate surface area is 191 Å². The number of unbranched alkanes of at least 4 members (excludes halogenated alkanes) is 2. The third-order valence-corrected chi connectivity index (χ3v) is 6.17. The largest absolute Gasteiger partial charge is 0.426 e. The summed E-state index contributed by atoms with van der Waals surface area (Å²) in [6.07, 6.45) is 9.71. The smallest absolute Gasteiger partial charge is 0.343 e. The van der Waals surface area contributed by atoms with E-state index in [1.807, 2.05) is 24.3 Å². The lowest BCUT2D eigenvalue weighted by atomic mass is 9.83. The van der Waals surface area contributed by atoms with E-state index in [2.05, 4.69) is 20.4 Å². The zero-order chi connectivity index (χ0) is 22.9. The van der Waals surface area contributed by atoms with Crippen molar-refractivity contribution in [3.8, 4) is 11.5 Å². The van der Waals surface area contributed by atoms with Crippen molar-refractivity contribution >= 4 is 18.0 Å². The highest BCUT2D eigenvalue weighted by Crippen LogP contribution is 2.31. The number of ether oxygens (including phenoxy) is 2. The third-order valence-electron chi connectivity index (χ3n) is 6.17. The van der Waals surface area contributed by atoms with Gasteiger partial charge in [0.2, 0.25) is 0 Å². The molecule has 3 rings (SSSR count). The van der Waals surface area contributed by atoms with Crippen LogP contribution < -0.4 is 9.47 Å². The normalized spacial score (nSPS) is 18.1. The molecule has 1 saturated carbocycles. The Bertz CT molecular complexity index is 921. The van der Waals surface area contributed by atoms with Gasteiger partial charge in [-0.2, -0.15) is 0 Å². The van der Waals surface area contributed by atoms with E-state index in [0.717, 1.165) is 62.5 Å². The predicted molar refractivity (Wildman–Crippen MR) is 128 cm³/mol. The van der Waals surface area contributed by atoms with Crippen LogP contribution in [-0.4, -0.2) is 11.9 Å². The molecular formula is C28H34O4. The first-order valence-corrected chi connectivity index (χ1v) is 11.8. The number of rotatable bonds is 9. The Hall–Kier alpha value is -2.88. The Kier molecular flexibility index (Phi) is 8.66. The van der Waals surface area contributed by atoms with Crippen molar-refractivity contribution in [3.63, 3.8) is 0 Å². The second kappa shape index (κ2) is 11.7. The minimum absolute atomic E-state index is 0.0516. The van der Waals surface area contributed by atoms with Crippen molar-refractivity contribution in [2.75, 3.05) is 0 Å². The summed E-state index contributed by atoms with van der Waals surface area (Å²) < 4.78 is 11.4. The molecule has 1 aliphatic rings. The van der Waals surface area contributed by atoms with Gasteiger partial charge in [0.15, 0.2) is 0 Å². The molecule has 0 spiro atoms. The molecular weight excluding hydrogens is 400 g/mol. The van der Waals surface area contributed by atoms with Gasteiger partial charge < -0.3 is 9.47 Å². The topological polar surface area (TPSA) is 52.6 Å². The fourth-order valence-corrected chi connectivity index (χ4v) is 4.09. The molecule has 0 N–H and O–H groups in total. The van der Waals surface area contributed by atoms with Crippen LogP contribution in [-0.2, 0) is 11.2 Å². The standard InChI is InChI=1S/C28H34O4/c1-4-6-7-8-22-17-25(31-27(29)23-13-9-20(3)10-14-23)19-26(18-22)32-28(30)24-15-11-21(5-2)12-16-24/h5,11-12,15-20,23H,2,4,6-10,13-14H2,1,3H3. The van der Waals surface area contributed by atoms with Crippen molar-refractivity contribution < 1.29 is 19.1 Å². The monoisotopic (exact) mass is 434 g/mol. The van der Waals surface area contributed by atoms with E-state index in [-0.39, 0.29) is 11.9 Å². The second-order valence-corrected chi connectivity index (χ2v) is 8.86. The van der Waals surface area contributed by atoms with Gasteiger partial charge in [0.25, 0.3) is 0 Å². The number of carbonyl (C=O) groups is 2. The second-order valence-electron chi connectivity index (χ2n) is 8.86. The molecule has 1 fully saturated rings. The molecule has 0 saturated heterocycles. The average molecular weight is 435 g/mol. The van der Waals surface area contributed by atoms with Crippen molar-refractivity contribution in [2.45, 2.75) is 65.2 Å². The van der Waals surface area contributed by atoms with E-state index < -0.39 is 5.97 Å². The molecule has 170 valence electrons. The van der Waals surface area contributed by atoms with Gasteiger partial charge in [-0.15, -0.1) is 0 Å². The number of benzene rings is 2. The lowest BCUT2D eigenvalue weighted by Gasteiger charge is -2.24. The van der Waals surface area contributed by atoms with Crippen molar-refractivity contribution in [2.24, 2.45) is 11.8 Å². The Morgan fingerprint density at radius 1 is 0.969 bits per heavy atom. The molecule has 0 unspecified atom stereocenters. The van der Waals surface area contributed by atoms with Gasteiger partial charge in [0.05, 0.1) is 11.5 Å². The van der Waals surface area contributed by atoms with Gasteiger partial charge in [0, 0.05) is 6.07 Å². The molecule has 2 aromatic carbocycles. The van der Waals surface area contributed by atoms with Crippen LogP contribution in [0.3, 0.4) is 0 Å². The maximum absolute atomic E-state index is 12.7. The fraction of sp³-hybridized carbons (Fsp3) is 0.429. The van der Waals surface area contributed by atoms with E-state index in [0.29, 0.717) is 23.0 Å². The molecule has 0 amide bonds. The number of hydrogen-bond acceptors (Lipinski definition) is 4. The van der Waals surface area contributed by atoms with Crippen LogP contribution in [0.2, 0.25) is 0 Å². The molecule has 0 bridgehead atoms. The number of hydrogen-bond donors (Lipinski definition) is 0. The van der Waals surface area contributed by atoms with Crippen molar-refractivity contribution in [3.05, 3.63) is 65.7 Å². The van der Waals surface area contributed by atoms with Gasteiger partial charge in [0.1, 0.15) is 11.5 Å². The van der Waals surface area contributed by atoms with Crippen molar-refractivity contribution in [1.82, 2.24) is 0 Å². The van der Waals surface area contributed by atoms with Gasteiger partial charge in [-0.05, 0) is 79.8 Å². The van der Waals surface area contributed by atoms with Crippen LogP contribution >= 0.6 is 0 Å². The first-order chi connectivity index (χ1) is 15.5. The van der Waals surface area contributed by atoms with Crippen molar-refractivity contribution in [1.29, 1.82) is 0 Å². The molecule has 0 radical (unpaired) electrons. The maximum atomic E-state index is 12.7. The summed E-state index contributed by atoms with van der Waals surface area (Å²) in [4.78, 5) is 25.4. The summed E-state index contributed by atoms with van der Waals surface area (Å²) in [6, 6.07) is 12.5. The average Bonchev–Trinajstić information content (AvgIpc) is 2.79. The van der Waals surface area contributed by atoms with Gasteiger partial charge >= 0.3 is 11.9 Å². The zero-order valence-electron chi connectivity index (χ0n) is 19.3. The molecule has 1 aliphatic carbocycles. The Morgan fingerprint density at radius 2 is 1.62 bits per heavy atom. The molecule has 4 nitrogen and oxygen atoms in total. The number of carbonyl (C=O) groups excluding carboxylic acids is 2. The summed E-state index contributed by atoms with van der Waals surface area (Å²) in [5.41, 5.74) is 2.40. The Balaban J connectivity index is 1.74. The van der Waals surface area contributed by atoms with Gasteiger partial charge in [-0.3, -0.25) is 4.79 Å². The highest BCUT2D eigenvalue weighted by molar-refractivity contribution is 5.91. The number of aryl methyl sites for hydroxylation is 1. The zero-order valence-corrected chi connectivity index (χ0v) is 19.3. The lowest BCUT2D eigenvalue weighted by Crippen LogP contribution is -2.25.